The van der Waals surface area contributed by atoms with E-state index in [0.717, 1.165) is 19.6 Å². The molecule has 0 aliphatic carbocycles. The third kappa shape index (κ3) is 8.03. The lowest BCUT2D eigenvalue weighted by molar-refractivity contribution is -0.121. The molecule has 0 aliphatic heterocycles. The molecule has 0 aromatic heterocycles. The van der Waals surface area contributed by atoms with E-state index in [4.69, 9.17) is 0 Å². The molecule has 0 bridgehead atoms. The Labute approximate surface area is 110 Å². The number of nitrogens with one attached hydrogen (secondary N) is 2. The lowest BCUT2D eigenvalue weighted by Gasteiger charge is -2.18. The Balaban J connectivity index is 3.56. The number of nitrogens with zero attached hydrogens (tertiary/aromatic N) is 2. The molecule has 2 N–H and O–H groups in total. The second-order valence-electron chi connectivity index (χ2n) is 3.87. The minimum absolute atomic E-state index is 0.00314. The normalized spacial score (nSPS) is 10.4. The zero-order valence-corrected chi connectivity index (χ0v) is 11.7. The minimum atomic E-state index is -0.00314. The molecule has 0 atom stereocenters. The molecule has 0 heterocycles. The summed E-state index contributed by atoms with van der Waals surface area (Å²) in [5, 5.41) is 4.15. The SMILES string of the molecule is CCN(CC)CCNC(=O)CCNN([C]=O)CC. The fourth-order valence-electron chi connectivity index (χ4n) is 1.49. The molecule has 6 nitrogen and oxygen atoms in total. The molecule has 2 amide bonds. The van der Waals surface area contributed by atoms with Crippen LogP contribution in [0.1, 0.15) is 27.2 Å². The fraction of sp³-hybridized carbons (Fsp3) is 0.833. The molecule has 18 heavy (non-hydrogen) atoms. The first kappa shape index (κ1) is 16.9. The van der Waals surface area contributed by atoms with Crippen molar-refractivity contribution in [1.29, 1.82) is 0 Å². The van der Waals surface area contributed by atoms with Crippen molar-refractivity contribution in [3.05, 3.63) is 0 Å². The maximum absolute atomic E-state index is 11.5. The Morgan fingerprint density at radius 2 is 1.78 bits per heavy atom. The smallest absolute Gasteiger partial charge is 0.327 e. The highest BCUT2D eigenvalue weighted by Gasteiger charge is 2.04. The van der Waals surface area contributed by atoms with Gasteiger partial charge in [0.25, 0.3) is 0 Å². The van der Waals surface area contributed by atoms with Gasteiger partial charge in [0.1, 0.15) is 0 Å². The fourth-order valence-corrected chi connectivity index (χ4v) is 1.49. The van der Waals surface area contributed by atoms with E-state index in [9.17, 15) is 9.59 Å². The first-order valence-corrected chi connectivity index (χ1v) is 6.55. The van der Waals surface area contributed by atoms with Crippen LogP contribution in [0.25, 0.3) is 0 Å². The van der Waals surface area contributed by atoms with Gasteiger partial charge in [-0.3, -0.25) is 14.6 Å². The van der Waals surface area contributed by atoms with Gasteiger partial charge in [0.15, 0.2) is 0 Å². The summed E-state index contributed by atoms with van der Waals surface area (Å²) in [5.74, 6) is -0.00314. The Hall–Kier alpha value is -1.14. The molecule has 6 heteroatoms. The molecule has 105 valence electrons. The zero-order chi connectivity index (χ0) is 13.8. The number of rotatable bonds is 11. The van der Waals surface area contributed by atoms with Gasteiger partial charge in [0, 0.05) is 32.6 Å². The summed E-state index contributed by atoms with van der Waals surface area (Å²) >= 11 is 0. The summed E-state index contributed by atoms with van der Waals surface area (Å²) in [6.07, 6.45) is 2.09. The van der Waals surface area contributed by atoms with Crippen molar-refractivity contribution in [2.75, 3.05) is 39.3 Å². The first-order valence-electron chi connectivity index (χ1n) is 6.55. The van der Waals surface area contributed by atoms with E-state index < -0.39 is 0 Å². The average molecular weight is 257 g/mol. The molecule has 0 aromatic rings. The highest BCUT2D eigenvalue weighted by atomic mass is 16.2. The number of hydrogen-bond donors (Lipinski definition) is 2. The van der Waals surface area contributed by atoms with E-state index >= 15 is 0 Å². The molecule has 0 unspecified atom stereocenters. The van der Waals surface area contributed by atoms with Crippen LogP contribution in [0.3, 0.4) is 0 Å². The van der Waals surface area contributed by atoms with Crippen molar-refractivity contribution in [3.63, 3.8) is 0 Å². The van der Waals surface area contributed by atoms with Crippen molar-refractivity contribution >= 4 is 12.3 Å². The third-order valence-electron chi connectivity index (χ3n) is 2.73. The van der Waals surface area contributed by atoms with E-state index in [-0.39, 0.29) is 5.91 Å². The monoisotopic (exact) mass is 257 g/mol. The van der Waals surface area contributed by atoms with Gasteiger partial charge in [-0.25, -0.2) is 5.43 Å². The predicted molar refractivity (Wildman–Crippen MR) is 71.5 cm³/mol. The molecule has 0 rings (SSSR count). The molecule has 0 fully saturated rings. The van der Waals surface area contributed by atoms with Gasteiger partial charge in [-0.05, 0) is 20.0 Å². The van der Waals surface area contributed by atoms with Crippen LogP contribution in [0.5, 0.6) is 0 Å². The van der Waals surface area contributed by atoms with Gasteiger partial charge < -0.3 is 10.2 Å². The van der Waals surface area contributed by atoms with E-state index in [1.165, 1.54) is 5.01 Å². The molecule has 1 radical (unpaired) electrons. The standard InChI is InChI=1S/C12H25N4O2/c1-4-15(5-2)10-9-13-12(18)7-8-14-16(6-3)11-17/h14H,4-10H2,1-3H3,(H,13,18). The van der Waals surface area contributed by atoms with Crippen LogP contribution in [0, 0.1) is 0 Å². The molecule has 0 spiro atoms. The van der Waals surface area contributed by atoms with Crippen LogP contribution in [0.15, 0.2) is 0 Å². The largest absolute Gasteiger partial charge is 0.355 e. The summed E-state index contributed by atoms with van der Waals surface area (Å²) in [5.41, 5.74) is 2.81. The van der Waals surface area contributed by atoms with Crippen LogP contribution in [-0.4, -0.2) is 61.5 Å². The van der Waals surface area contributed by atoms with Crippen LogP contribution in [-0.2, 0) is 9.59 Å². The molecule has 0 saturated carbocycles. The highest BCUT2D eigenvalue weighted by Crippen LogP contribution is 1.85. The van der Waals surface area contributed by atoms with Gasteiger partial charge >= 0.3 is 6.41 Å². The van der Waals surface area contributed by atoms with Gasteiger partial charge in [-0.1, -0.05) is 13.8 Å². The second kappa shape index (κ2) is 11.0. The summed E-state index contributed by atoms with van der Waals surface area (Å²) < 4.78 is 0. The quantitative estimate of drug-likeness (QED) is 0.395. The third-order valence-corrected chi connectivity index (χ3v) is 2.73. The van der Waals surface area contributed by atoms with Crippen molar-refractivity contribution < 1.29 is 9.59 Å². The molecular weight excluding hydrogens is 232 g/mol. The van der Waals surface area contributed by atoms with E-state index in [1.807, 2.05) is 6.92 Å². The Bertz CT molecular complexity index is 232. The van der Waals surface area contributed by atoms with E-state index in [0.29, 0.717) is 26.1 Å². The Kier molecular flexibility index (Phi) is 10.3. The van der Waals surface area contributed by atoms with Crippen molar-refractivity contribution in [2.24, 2.45) is 0 Å². The molecule has 0 aromatic carbocycles. The Morgan fingerprint density at radius 3 is 2.28 bits per heavy atom. The topological polar surface area (TPSA) is 64.7 Å². The summed E-state index contributed by atoms with van der Waals surface area (Å²) in [6.45, 7) is 10.5. The minimum Gasteiger partial charge on any atom is -0.355 e. The van der Waals surface area contributed by atoms with E-state index in [2.05, 4.69) is 29.5 Å². The number of carbonyl (C=O) groups excluding carboxylic acids is 2. The van der Waals surface area contributed by atoms with Gasteiger partial charge in [-0.2, -0.15) is 0 Å². The summed E-state index contributed by atoms with van der Waals surface area (Å²) in [4.78, 5) is 24.1. The predicted octanol–water partition coefficient (Wildman–Crippen LogP) is -0.272. The van der Waals surface area contributed by atoms with Gasteiger partial charge in [-0.15, -0.1) is 0 Å². The molecule has 0 saturated heterocycles. The molecular formula is C12H25N4O2. The van der Waals surface area contributed by atoms with Crippen molar-refractivity contribution in [2.45, 2.75) is 27.2 Å². The van der Waals surface area contributed by atoms with Gasteiger partial charge in [0.2, 0.25) is 5.91 Å². The second-order valence-corrected chi connectivity index (χ2v) is 3.87. The number of amides is 2. The summed E-state index contributed by atoms with van der Waals surface area (Å²) in [7, 11) is 0. The number of carbonyl (C=O) groups is 1. The van der Waals surface area contributed by atoms with Crippen molar-refractivity contribution in [1.82, 2.24) is 20.7 Å². The van der Waals surface area contributed by atoms with Crippen molar-refractivity contribution in [3.8, 4) is 0 Å². The van der Waals surface area contributed by atoms with E-state index in [1.54, 1.807) is 6.41 Å². The number of likely N-dealkylation sites (N-methyl/N-ethyl adjacent to an activating group) is 1. The summed E-state index contributed by atoms with van der Waals surface area (Å²) in [6, 6.07) is 0. The maximum Gasteiger partial charge on any atom is 0.327 e. The lowest BCUT2D eigenvalue weighted by Crippen LogP contribution is -2.40. The average Bonchev–Trinajstić information content (AvgIpc) is 2.40. The van der Waals surface area contributed by atoms with Crippen LogP contribution >= 0.6 is 0 Å². The zero-order valence-electron chi connectivity index (χ0n) is 11.7. The molecule has 0 aliphatic rings. The Morgan fingerprint density at radius 1 is 1.11 bits per heavy atom. The van der Waals surface area contributed by atoms with Crippen LogP contribution in [0.2, 0.25) is 0 Å². The maximum atomic E-state index is 11.5. The lowest BCUT2D eigenvalue weighted by atomic mass is 10.4. The number of hydrogen-bond acceptors (Lipinski definition) is 4. The highest BCUT2D eigenvalue weighted by molar-refractivity contribution is 5.76. The first-order chi connectivity index (χ1) is 8.67. The van der Waals surface area contributed by atoms with Gasteiger partial charge in [0.05, 0.1) is 0 Å². The number of hydrazine groups is 1. The van der Waals surface area contributed by atoms with Crippen LogP contribution < -0.4 is 10.7 Å². The van der Waals surface area contributed by atoms with Crippen LogP contribution in [0.4, 0.5) is 0 Å².